The smallest absolute Gasteiger partial charge is 0.274 e. The molecule has 2 aromatic carbocycles. The molecule has 28 heavy (non-hydrogen) atoms. The molecule has 6 nitrogen and oxygen atoms in total. The van der Waals surface area contributed by atoms with Crippen molar-refractivity contribution < 1.29 is 9.53 Å². The van der Waals surface area contributed by atoms with Crippen LogP contribution in [0.5, 0.6) is 5.75 Å². The highest BCUT2D eigenvalue weighted by atomic mass is 16.5. The minimum atomic E-state index is -0.330. The Morgan fingerprint density at radius 3 is 2.79 bits per heavy atom. The summed E-state index contributed by atoms with van der Waals surface area (Å²) >= 11 is 0. The van der Waals surface area contributed by atoms with Crippen molar-refractivity contribution in [2.24, 2.45) is 0 Å². The summed E-state index contributed by atoms with van der Waals surface area (Å²) in [6, 6.07) is 20.2. The van der Waals surface area contributed by atoms with Crippen LogP contribution in [0.1, 0.15) is 21.6 Å². The third kappa shape index (κ3) is 4.86. The number of carbonyl (C=O) groups excluding carboxylic acids is 1. The van der Waals surface area contributed by atoms with Crippen LogP contribution in [0, 0.1) is 11.3 Å². The molecule has 0 atom stereocenters. The van der Waals surface area contributed by atoms with Crippen molar-refractivity contribution in [3.63, 3.8) is 0 Å². The number of amides is 1. The number of carbonyl (C=O) groups is 1. The lowest BCUT2D eigenvalue weighted by molar-refractivity contribution is 0.102. The Kier molecular flexibility index (Phi) is 6.21. The standard InChI is InChI=1S/C22H20N4O2/c1-28-21-8-3-2-6-17(21)9-11-24-18-10-12-25-20(14-18)22(27)26-19-7-4-5-16(13-19)15-23/h2-8,10,12-14H,9,11H2,1H3,(H,24,25)(H,26,27). The van der Waals surface area contributed by atoms with E-state index >= 15 is 0 Å². The highest BCUT2D eigenvalue weighted by Gasteiger charge is 2.09. The van der Waals surface area contributed by atoms with Crippen LogP contribution < -0.4 is 15.4 Å². The Bertz CT molecular complexity index is 1010. The van der Waals surface area contributed by atoms with Crippen LogP contribution in [0.2, 0.25) is 0 Å². The van der Waals surface area contributed by atoms with E-state index in [1.165, 1.54) is 0 Å². The Morgan fingerprint density at radius 2 is 1.96 bits per heavy atom. The lowest BCUT2D eigenvalue weighted by Gasteiger charge is -2.11. The Morgan fingerprint density at radius 1 is 1.11 bits per heavy atom. The fourth-order valence-corrected chi connectivity index (χ4v) is 2.78. The number of rotatable bonds is 7. The zero-order valence-corrected chi connectivity index (χ0v) is 15.5. The number of nitrogens with one attached hydrogen (secondary N) is 2. The van der Waals surface area contributed by atoms with E-state index in [0.29, 0.717) is 23.5 Å². The second kappa shape index (κ2) is 9.19. The minimum absolute atomic E-state index is 0.296. The molecule has 1 amide bonds. The van der Waals surface area contributed by atoms with Gasteiger partial charge in [-0.05, 0) is 48.4 Å². The highest BCUT2D eigenvalue weighted by molar-refractivity contribution is 6.03. The van der Waals surface area contributed by atoms with Gasteiger partial charge in [0.15, 0.2) is 0 Å². The molecule has 0 saturated heterocycles. The molecule has 6 heteroatoms. The third-order valence-electron chi connectivity index (χ3n) is 4.16. The molecule has 0 unspecified atom stereocenters. The summed E-state index contributed by atoms with van der Waals surface area (Å²) in [5, 5.41) is 15.0. The van der Waals surface area contributed by atoms with E-state index in [4.69, 9.17) is 10.00 Å². The molecule has 3 aromatic rings. The zero-order chi connectivity index (χ0) is 19.8. The Labute approximate surface area is 163 Å². The molecule has 2 N–H and O–H groups in total. The van der Waals surface area contributed by atoms with E-state index in [1.807, 2.05) is 36.4 Å². The molecule has 140 valence electrons. The van der Waals surface area contributed by atoms with Crippen molar-refractivity contribution in [1.29, 1.82) is 5.26 Å². The number of hydrogen-bond acceptors (Lipinski definition) is 5. The van der Waals surface area contributed by atoms with Gasteiger partial charge in [-0.15, -0.1) is 0 Å². The number of anilines is 2. The molecule has 0 spiro atoms. The number of para-hydroxylation sites is 1. The molecule has 0 saturated carbocycles. The summed E-state index contributed by atoms with van der Waals surface area (Å²) in [4.78, 5) is 16.6. The molecule has 0 bridgehead atoms. The quantitative estimate of drug-likeness (QED) is 0.657. The molecule has 1 heterocycles. The van der Waals surface area contributed by atoms with Crippen LogP contribution in [0.3, 0.4) is 0 Å². The van der Waals surface area contributed by atoms with Gasteiger partial charge in [0.2, 0.25) is 0 Å². The van der Waals surface area contributed by atoms with Crippen LogP contribution in [0.4, 0.5) is 11.4 Å². The lowest BCUT2D eigenvalue weighted by atomic mass is 10.1. The van der Waals surface area contributed by atoms with Crippen LogP contribution in [-0.2, 0) is 6.42 Å². The predicted octanol–water partition coefficient (Wildman–Crippen LogP) is 3.87. The average molecular weight is 372 g/mol. The van der Waals surface area contributed by atoms with E-state index in [9.17, 15) is 4.79 Å². The molecule has 0 aliphatic rings. The number of pyridine rings is 1. The van der Waals surface area contributed by atoms with Crippen molar-refractivity contribution in [2.45, 2.75) is 6.42 Å². The first-order valence-corrected chi connectivity index (χ1v) is 8.83. The van der Waals surface area contributed by atoms with Crippen LogP contribution >= 0.6 is 0 Å². The van der Waals surface area contributed by atoms with Gasteiger partial charge in [0.05, 0.1) is 18.7 Å². The van der Waals surface area contributed by atoms with Crippen molar-refractivity contribution in [2.75, 3.05) is 24.3 Å². The maximum absolute atomic E-state index is 12.4. The molecule has 0 radical (unpaired) electrons. The van der Waals surface area contributed by atoms with Gasteiger partial charge < -0.3 is 15.4 Å². The highest BCUT2D eigenvalue weighted by Crippen LogP contribution is 2.18. The van der Waals surface area contributed by atoms with E-state index in [-0.39, 0.29) is 5.91 Å². The fraction of sp³-hybridized carbons (Fsp3) is 0.136. The number of nitrogens with zero attached hydrogens (tertiary/aromatic N) is 2. The average Bonchev–Trinajstić information content (AvgIpc) is 2.74. The summed E-state index contributed by atoms with van der Waals surface area (Å²) in [6.45, 7) is 0.690. The van der Waals surface area contributed by atoms with Crippen molar-refractivity contribution in [1.82, 2.24) is 4.98 Å². The van der Waals surface area contributed by atoms with E-state index in [2.05, 4.69) is 15.6 Å². The van der Waals surface area contributed by atoms with Crippen molar-refractivity contribution in [3.05, 3.63) is 83.7 Å². The summed E-state index contributed by atoms with van der Waals surface area (Å²) < 4.78 is 5.36. The molecule has 0 aliphatic carbocycles. The number of aromatic nitrogens is 1. The van der Waals surface area contributed by atoms with Gasteiger partial charge in [-0.25, -0.2) is 0 Å². The topological polar surface area (TPSA) is 87.0 Å². The summed E-state index contributed by atoms with van der Waals surface area (Å²) in [5.41, 5.74) is 3.25. The second-order valence-electron chi connectivity index (χ2n) is 6.07. The van der Waals surface area contributed by atoms with Crippen molar-refractivity contribution >= 4 is 17.3 Å². The van der Waals surface area contributed by atoms with Crippen LogP contribution in [0.25, 0.3) is 0 Å². The molecule has 0 fully saturated rings. The maximum atomic E-state index is 12.4. The summed E-state index contributed by atoms with van der Waals surface area (Å²) in [5.74, 6) is 0.530. The van der Waals surface area contributed by atoms with E-state index in [1.54, 1.807) is 43.6 Å². The summed E-state index contributed by atoms with van der Waals surface area (Å²) in [7, 11) is 1.66. The van der Waals surface area contributed by atoms with Crippen LogP contribution in [-0.4, -0.2) is 24.5 Å². The molecular formula is C22H20N4O2. The van der Waals surface area contributed by atoms with E-state index < -0.39 is 0 Å². The third-order valence-corrected chi connectivity index (χ3v) is 4.16. The number of hydrogen-bond donors (Lipinski definition) is 2. The Balaban J connectivity index is 1.61. The predicted molar refractivity (Wildman–Crippen MR) is 109 cm³/mol. The fourth-order valence-electron chi connectivity index (χ4n) is 2.78. The maximum Gasteiger partial charge on any atom is 0.274 e. The first kappa shape index (κ1) is 18.9. The summed E-state index contributed by atoms with van der Waals surface area (Å²) in [6.07, 6.45) is 2.38. The van der Waals surface area contributed by atoms with Gasteiger partial charge >= 0.3 is 0 Å². The van der Waals surface area contributed by atoms with Crippen molar-refractivity contribution in [3.8, 4) is 11.8 Å². The zero-order valence-electron chi connectivity index (χ0n) is 15.5. The molecule has 3 rings (SSSR count). The normalized spacial score (nSPS) is 10.0. The molecule has 1 aromatic heterocycles. The van der Waals surface area contributed by atoms with Crippen LogP contribution in [0.15, 0.2) is 66.9 Å². The first-order chi connectivity index (χ1) is 13.7. The molecule has 0 aliphatic heterocycles. The minimum Gasteiger partial charge on any atom is -0.496 e. The number of nitriles is 1. The van der Waals surface area contributed by atoms with Gasteiger partial charge in [-0.3, -0.25) is 9.78 Å². The number of ether oxygens (including phenoxy) is 1. The largest absolute Gasteiger partial charge is 0.496 e. The van der Waals surface area contributed by atoms with Gasteiger partial charge in [0.1, 0.15) is 11.4 Å². The lowest BCUT2D eigenvalue weighted by Crippen LogP contribution is -2.14. The SMILES string of the molecule is COc1ccccc1CCNc1ccnc(C(=O)Nc2cccc(C#N)c2)c1. The number of benzene rings is 2. The van der Waals surface area contributed by atoms with E-state index in [0.717, 1.165) is 23.4 Å². The van der Waals surface area contributed by atoms with Gasteiger partial charge in [0.25, 0.3) is 5.91 Å². The Hall–Kier alpha value is -3.85. The molecular weight excluding hydrogens is 352 g/mol. The second-order valence-corrected chi connectivity index (χ2v) is 6.07. The van der Waals surface area contributed by atoms with Gasteiger partial charge in [-0.1, -0.05) is 24.3 Å². The van der Waals surface area contributed by atoms with Gasteiger partial charge in [0, 0.05) is 24.1 Å². The monoisotopic (exact) mass is 372 g/mol. The first-order valence-electron chi connectivity index (χ1n) is 8.83. The number of methoxy groups -OCH3 is 1. The van der Waals surface area contributed by atoms with Gasteiger partial charge in [-0.2, -0.15) is 5.26 Å².